The number of carbonyl (C=O) groups excluding carboxylic acids is 2. The van der Waals surface area contributed by atoms with Gasteiger partial charge in [0.15, 0.2) is 6.61 Å². The minimum absolute atomic E-state index is 0.147. The van der Waals surface area contributed by atoms with E-state index in [-0.39, 0.29) is 18.6 Å². The summed E-state index contributed by atoms with van der Waals surface area (Å²) in [6.45, 7) is 9.31. The lowest BCUT2D eigenvalue weighted by atomic mass is 9.50. The molecular formula is C22H35N3O6. The molecule has 0 N–H and O–H groups in total. The van der Waals surface area contributed by atoms with Crippen molar-refractivity contribution in [3.63, 3.8) is 0 Å². The number of hydrogen-bond donors (Lipinski definition) is 0. The fourth-order valence-electron chi connectivity index (χ4n) is 5.40. The highest BCUT2D eigenvalue weighted by Crippen LogP contribution is 2.63. The molecule has 31 heavy (non-hydrogen) atoms. The molecule has 4 aliphatic rings. The maximum absolute atomic E-state index is 12.9. The van der Waals surface area contributed by atoms with E-state index in [2.05, 4.69) is 10.1 Å². The standard InChI is InChI=1S/C22H35N3O6/c1-20(2,3)31-19(27)25-14-21(8-9-22(21,15-25)18(26)28-4)17-23-29-13-16(30-17)12-24-10-6-5-7-11-24/h16H,5-15H2,1-4H3/t16-,21+,22-/m1/s1. The Morgan fingerprint density at radius 2 is 1.90 bits per heavy atom. The summed E-state index contributed by atoms with van der Waals surface area (Å²) in [5, 5.41) is 4.25. The van der Waals surface area contributed by atoms with E-state index >= 15 is 0 Å². The van der Waals surface area contributed by atoms with Gasteiger partial charge in [0.05, 0.1) is 12.5 Å². The molecule has 1 saturated carbocycles. The van der Waals surface area contributed by atoms with Crippen LogP contribution in [0.1, 0.15) is 52.9 Å². The van der Waals surface area contributed by atoms with Gasteiger partial charge in [-0.1, -0.05) is 11.6 Å². The third kappa shape index (κ3) is 3.97. The predicted octanol–water partition coefficient (Wildman–Crippen LogP) is 2.39. The summed E-state index contributed by atoms with van der Waals surface area (Å²) in [5.41, 5.74) is -2.24. The molecule has 0 aromatic rings. The molecule has 0 unspecified atom stereocenters. The van der Waals surface area contributed by atoms with Gasteiger partial charge in [-0.05, 0) is 59.5 Å². The van der Waals surface area contributed by atoms with E-state index in [0.29, 0.717) is 31.9 Å². The van der Waals surface area contributed by atoms with Crippen molar-refractivity contribution in [1.29, 1.82) is 0 Å². The molecule has 3 aliphatic heterocycles. The minimum Gasteiger partial charge on any atom is -0.470 e. The number of likely N-dealkylation sites (tertiary alicyclic amines) is 2. The maximum atomic E-state index is 12.9. The SMILES string of the molecule is COC(=O)[C@]12CC[C@@]1(C1=NOC[C@@H](CN3CCCCC3)O1)CN(C(=O)OC(C)(C)C)C2. The first-order valence-corrected chi connectivity index (χ1v) is 11.3. The number of ether oxygens (including phenoxy) is 3. The van der Waals surface area contributed by atoms with Gasteiger partial charge in [0.25, 0.3) is 0 Å². The van der Waals surface area contributed by atoms with Gasteiger partial charge in [0.1, 0.15) is 17.1 Å². The summed E-state index contributed by atoms with van der Waals surface area (Å²) in [5.74, 6) is 0.0812. The summed E-state index contributed by atoms with van der Waals surface area (Å²) in [4.78, 5) is 35.3. The molecule has 0 bridgehead atoms. The first-order valence-electron chi connectivity index (χ1n) is 11.3. The lowest BCUT2D eigenvalue weighted by Crippen LogP contribution is -2.61. The second-order valence-corrected chi connectivity index (χ2v) is 10.3. The van der Waals surface area contributed by atoms with Crippen molar-refractivity contribution in [3.05, 3.63) is 0 Å². The molecular weight excluding hydrogens is 402 g/mol. The Morgan fingerprint density at radius 3 is 2.52 bits per heavy atom. The van der Waals surface area contributed by atoms with Crippen LogP contribution in [0.2, 0.25) is 0 Å². The van der Waals surface area contributed by atoms with Crippen LogP contribution in [0.3, 0.4) is 0 Å². The first-order chi connectivity index (χ1) is 14.7. The van der Waals surface area contributed by atoms with Crippen molar-refractivity contribution < 1.29 is 28.6 Å². The van der Waals surface area contributed by atoms with Gasteiger partial charge in [0, 0.05) is 19.6 Å². The van der Waals surface area contributed by atoms with Gasteiger partial charge in [0.2, 0.25) is 5.90 Å². The van der Waals surface area contributed by atoms with E-state index in [0.717, 1.165) is 19.6 Å². The van der Waals surface area contributed by atoms with E-state index in [1.54, 1.807) is 4.90 Å². The van der Waals surface area contributed by atoms with Gasteiger partial charge in [-0.2, -0.15) is 0 Å². The van der Waals surface area contributed by atoms with Crippen molar-refractivity contribution in [2.45, 2.75) is 64.6 Å². The van der Waals surface area contributed by atoms with Crippen LogP contribution in [0.25, 0.3) is 0 Å². The maximum Gasteiger partial charge on any atom is 0.410 e. The predicted molar refractivity (Wildman–Crippen MR) is 112 cm³/mol. The molecule has 0 aromatic carbocycles. The number of carbonyl (C=O) groups is 2. The Hall–Kier alpha value is -2.03. The van der Waals surface area contributed by atoms with Crippen LogP contribution in [0.5, 0.6) is 0 Å². The molecule has 2 saturated heterocycles. The molecule has 4 rings (SSSR count). The molecule has 174 valence electrons. The van der Waals surface area contributed by atoms with E-state index < -0.39 is 22.5 Å². The molecule has 3 fully saturated rings. The molecule has 1 amide bonds. The average Bonchev–Trinajstić information content (AvgIpc) is 2.96. The fraction of sp³-hybridized carbons (Fsp3) is 0.864. The molecule has 3 heterocycles. The second-order valence-electron chi connectivity index (χ2n) is 10.3. The molecule has 9 heteroatoms. The highest BCUT2D eigenvalue weighted by molar-refractivity contribution is 5.95. The third-order valence-electron chi connectivity index (χ3n) is 7.05. The van der Waals surface area contributed by atoms with Crippen molar-refractivity contribution >= 4 is 18.0 Å². The molecule has 9 nitrogen and oxygen atoms in total. The largest absolute Gasteiger partial charge is 0.470 e. The van der Waals surface area contributed by atoms with E-state index in [1.165, 1.54) is 26.4 Å². The number of methoxy groups -OCH3 is 1. The lowest BCUT2D eigenvalue weighted by molar-refractivity contribution is -0.167. The van der Waals surface area contributed by atoms with Crippen molar-refractivity contribution in [3.8, 4) is 0 Å². The normalized spacial score (nSPS) is 33.4. The zero-order valence-electron chi connectivity index (χ0n) is 19.1. The number of piperidine rings is 1. The lowest BCUT2D eigenvalue weighted by Gasteiger charge is -2.51. The van der Waals surface area contributed by atoms with E-state index in [4.69, 9.17) is 19.0 Å². The van der Waals surface area contributed by atoms with Gasteiger partial charge in [-0.15, -0.1) is 0 Å². The average molecular weight is 438 g/mol. The molecule has 0 aromatic heterocycles. The monoisotopic (exact) mass is 437 g/mol. The Balaban J connectivity index is 1.53. The summed E-state index contributed by atoms with van der Waals surface area (Å²) in [6.07, 6.45) is 4.39. The first kappa shape index (κ1) is 22.2. The molecule has 0 radical (unpaired) electrons. The van der Waals surface area contributed by atoms with Crippen LogP contribution in [-0.2, 0) is 23.8 Å². The van der Waals surface area contributed by atoms with Crippen LogP contribution in [0, 0.1) is 10.8 Å². The Labute approximate surface area is 184 Å². The van der Waals surface area contributed by atoms with Gasteiger partial charge in [-0.3, -0.25) is 9.69 Å². The number of hydrogen-bond acceptors (Lipinski definition) is 8. The zero-order valence-corrected chi connectivity index (χ0v) is 19.1. The van der Waals surface area contributed by atoms with Crippen molar-refractivity contribution in [1.82, 2.24) is 9.80 Å². The van der Waals surface area contributed by atoms with Crippen LogP contribution in [0.4, 0.5) is 4.79 Å². The van der Waals surface area contributed by atoms with Gasteiger partial charge < -0.3 is 23.9 Å². The minimum atomic E-state index is -0.881. The zero-order chi connectivity index (χ0) is 22.3. The summed E-state index contributed by atoms with van der Waals surface area (Å²) in [7, 11) is 1.38. The number of nitrogens with zero attached hydrogens (tertiary/aromatic N) is 3. The number of esters is 1. The Morgan fingerprint density at radius 1 is 1.16 bits per heavy atom. The quantitative estimate of drug-likeness (QED) is 0.624. The Kier molecular flexibility index (Phi) is 5.83. The topological polar surface area (TPSA) is 89.9 Å². The van der Waals surface area contributed by atoms with Crippen molar-refractivity contribution in [2.75, 3.05) is 46.4 Å². The summed E-state index contributed by atoms with van der Waals surface area (Å²) < 4.78 is 17.1. The Bertz CT molecular complexity index is 744. The van der Waals surface area contributed by atoms with Gasteiger partial charge >= 0.3 is 12.1 Å². The smallest absolute Gasteiger partial charge is 0.410 e. The summed E-state index contributed by atoms with van der Waals surface area (Å²) >= 11 is 0. The fourth-order valence-corrected chi connectivity index (χ4v) is 5.40. The molecule has 1 aliphatic carbocycles. The third-order valence-corrected chi connectivity index (χ3v) is 7.05. The summed E-state index contributed by atoms with van der Waals surface area (Å²) in [6, 6.07) is 0. The highest BCUT2D eigenvalue weighted by Gasteiger charge is 2.74. The number of oxime groups is 1. The van der Waals surface area contributed by atoms with Crippen molar-refractivity contribution in [2.24, 2.45) is 16.0 Å². The highest BCUT2D eigenvalue weighted by atomic mass is 16.7. The van der Waals surface area contributed by atoms with Crippen LogP contribution >= 0.6 is 0 Å². The number of fused-ring (bicyclic) bond motifs is 1. The molecule has 3 atom stereocenters. The van der Waals surface area contributed by atoms with Gasteiger partial charge in [-0.25, -0.2) is 4.79 Å². The van der Waals surface area contributed by atoms with Crippen LogP contribution in [-0.4, -0.2) is 85.9 Å². The number of amides is 1. The van der Waals surface area contributed by atoms with E-state index in [9.17, 15) is 9.59 Å². The molecule has 0 spiro atoms. The van der Waals surface area contributed by atoms with E-state index in [1.807, 2.05) is 20.8 Å². The number of rotatable bonds is 4. The van der Waals surface area contributed by atoms with Crippen LogP contribution in [0.15, 0.2) is 5.16 Å². The van der Waals surface area contributed by atoms with Crippen LogP contribution < -0.4 is 0 Å². The second kappa shape index (κ2) is 8.15.